The van der Waals surface area contributed by atoms with Gasteiger partial charge in [0.2, 0.25) is 5.91 Å². The van der Waals surface area contributed by atoms with E-state index in [9.17, 15) is 9.90 Å². The van der Waals surface area contributed by atoms with Crippen molar-refractivity contribution in [3.8, 4) is 5.75 Å². The van der Waals surface area contributed by atoms with Gasteiger partial charge in [-0.15, -0.1) is 0 Å². The van der Waals surface area contributed by atoms with Gasteiger partial charge in [-0.1, -0.05) is 12.1 Å². The van der Waals surface area contributed by atoms with E-state index in [-0.39, 0.29) is 5.91 Å². The largest absolute Gasteiger partial charge is 0.494 e. The molecule has 1 aromatic rings. The number of amides is 1. The summed E-state index contributed by atoms with van der Waals surface area (Å²) in [6, 6.07) is 7.50. The molecule has 0 saturated carbocycles. The zero-order valence-corrected chi connectivity index (χ0v) is 13.4. The van der Waals surface area contributed by atoms with Crippen LogP contribution in [-0.2, 0) is 4.79 Å². The van der Waals surface area contributed by atoms with Gasteiger partial charge < -0.3 is 15.2 Å². The molecule has 1 amide bonds. The average Bonchev–Trinajstić information content (AvgIpc) is 2.36. The molecule has 116 valence electrons. The molecule has 0 fully saturated rings. The van der Waals surface area contributed by atoms with Crippen LogP contribution in [0.2, 0.25) is 0 Å². The predicted molar refractivity (Wildman–Crippen MR) is 85.2 cm³/mol. The van der Waals surface area contributed by atoms with Crippen molar-refractivity contribution in [3.63, 3.8) is 0 Å². The van der Waals surface area contributed by atoms with Gasteiger partial charge in [0.1, 0.15) is 5.75 Å². The van der Waals surface area contributed by atoms with Crippen molar-refractivity contribution < 1.29 is 14.6 Å². The molecular weight excluding hydrogens is 266 g/mol. The van der Waals surface area contributed by atoms with Gasteiger partial charge >= 0.3 is 0 Å². The molecule has 1 rings (SSSR count). The molecule has 4 nitrogen and oxygen atoms in total. The molecule has 0 aliphatic rings. The number of rotatable bonds is 6. The summed E-state index contributed by atoms with van der Waals surface area (Å²) >= 11 is 0. The van der Waals surface area contributed by atoms with Crippen molar-refractivity contribution in [1.82, 2.24) is 5.32 Å². The number of nitrogens with one attached hydrogen (secondary N) is 1. The Labute approximate surface area is 126 Å². The molecular formula is C17H25NO3. The van der Waals surface area contributed by atoms with Crippen molar-refractivity contribution in [2.75, 3.05) is 6.61 Å². The van der Waals surface area contributed by atoms with Crippen molar-refractivity contribution in [2.24, 2.45) is 0 Å². The molecule has 0 aliphatic heterocycles. The normalized spacial score (nSPS) is 12.5. The van der Waals surface area contributed by atoms with Crippen LogP contribution >= 0.6 is 0 Å². The van der Waals surface area contributed by atoms with Gasteiger partial charge in [0.25, 0.3) is 0 Å². The Kier molecular flexibility index (Phi) is 5.55. The van der Waals surface area contributed by atoms with E-state index in [0.717, 1.165) is 11.3 Å². The van der Waals surface area contributed by atoms with Crippen LogP contribution in [0.5, 0.6) is 5.75 Å². The number of ether oxygens (including phenoxy) is 1. The first-order valence-electron chi connectivity index (χ1n) is 7.11. The highest BCUT2D eigenvalue weighted by Crippen LogP contribution is 2.20. The van der Waals surface area contributed by atoms with Crippen LogP contribution in [-0.4, -0.2) is 28.8 Å². The third kappa shape index (κ3) is 5.23. The fourth-order valence-corrected chi connectivity index (χ4v) is 1.52. The molecule has 1 aromatic carbocycles. The van der Waals surface area contributed by atoms with Crippen LogP contribution in [0.3, 0.4) is 0 Å². The molecule has 0 radical (unpaired) electrons. The maximum Gasteiger partial charge on any atom is 0.244 e. The monoisotopic (exact) mass is 291 g/mol. The van der Waals surface area contributed by atoms with Gasteiger partial charge in [-0.3, -0.25) is 4.79 Å². The minimum absolute atomic E-state index is 0.240. The molecule has 0 bridgehead atoms. The summed E-state index contributed by atoms with van der Waals surface area (Å²) in [7, 11) is 0. The Hall–Kier alpha value is -1.81. The lowest BCUT2D eigenvalue weighted by Gasteiger charge is -2.37. The third-order valence-electron chi connectivity index (χ3n) is 3.58. The first-order chi connectivity index (χ1) is 9.65. The van der Waals surface area contributed by atoms with Crippen LogP contribution in [0.1, 0.15) is 40.2 Å². The van der Waals surface area contributed by atoms with E-state index in [2.05, 4.69) is 5.32 Å². The van der Waals surface area contributed by atoms with Crippen LogP contribution in [0, 0.1) is 0 Å². The maximum absolute atomic E-state index is 11.9. The Morgan fingerprint density at radius 1 is 1.24 bits per heavy atom. The molecule has 4 heteroatoms. The molecule has 0 aliphatic carbocycles. The van der Waals surface area contributed by atoms with E-state index in [1.165, 1.54) is 6.08 Å². The Morgan fingerprint density at radius 2 is 1.81 bits per heavy atom. The van der Waals surface area contributed by atoms with Gasteiger partial charge in [0.15, 0.2) is 0 Å². The lowest BCUT2D eigenvalue weighted by molar-refractivity contribution is -0.121. The summed E-state index contributed by atoms with van der Waals surface area (Å²) in [5, 5.41) is 12.8. The van der Waals surface area contributed by atoms with E-state index < -0.39 is 11.1 Å². The summed E-state index contributed by atoms with van der Waals surface area (Å²) in [6.07, 6.45) is 3.19. The second kappa shape index (κ2) is 6.76. The van der Waals surface area contributed by atoms with Gasteiger partial charge in [-0.05, 0) is 58.4 Å². The zero-order chi connectivity index (χ0) is 16.1. The Bertz CT molecular complexity index is 496. The Balaban J connectivity index is 2.66. The molecule has 0 aromatic heterocycles. The topological polar surface area (TPSA) is 58.6 Å². The van der Waals surface area contributed by atoms with Crippen molar-refractivity contribution in [2.45, 2.75) is 45.8 Å². The second-order valence-corrected chi connectivity index (χ2v) is 6.01. The molecule has 0 heterocycles. The standard InChI is InChI=1S/C17H25NO3/c1-6-21-14-10-7-13(8-11-14)9-12-15(19)18-16(2,3)17(4,5)20/h7-12,20H,6H2,1-5H3,(H,18,19)/b12-9+. The Morgan fingerprint density at radius 3 is 2.29 bits per heavy atom. The summed E-state index contributed by atoms with van der Waals surface area (Å²) < 4.78 is 5.36. The number of carbonyl (C=O) groups is 1. The molecule has 0 unspecified atom stereocenters. The molecule has 0 saturated heterocycles. The quantitative estimate of drug-likeness (QED) is 0.792. The van der Waals surface area contributed by atoms with Gasteiger partial charge in [-0.2, -0.15) is 0 Å². The smallest absolute Gasteiger partial charge is 0.244 e. The highest BCUT2D eigenvalue weighted by Gasteiger charge is 2.35. The van der Waals surface area contributed by atoms with E-state index in [1.54, 1.807) is 33.8 Å². The lowest BCUT2D eigenvalue weighted by atomic mass is 9.86. The summed E-state index contributed by atoms with van der Waals surface area (Å²) in [4.78, 5) is 11.9. The number of aliphatic hydroxyl groups is 1. The fraction of sp³-hybridized carbons (Fsp3) is 0.471. The number of hydrogen-bond donors (Lipinski definition) is 2. The van der Waals surface area contributed by atoms with Gasteiger partial charge in [0.05, 0.1) is 17.7 Å². The number of benzene rings is 1. The second-order valence-electron chi connectivity index (χ2n) is 6.01. The first-order valence-corrected chi connectivity index (χ1v) is 7.11. The fourth-order valence-electron chi connectivity index (χ4n) is 1.52. The highest BCUT2D eigenvalue weighted by molar-refractivity contribution is 5.92. The van der Waals surface area contributed by atoms with Crippen LogP contribution < -0.4 is 10.1 Å². The zero-order valence-electron chi connectivity index (χ0n) is 13.4. The van der Waals surface area contributed by atoms with Crippen molar-refractivity contribution >= 4 is 12.0 Å². The van der Waals surface area contributed by atoms with E-state index >= 15 is 0 Å². The highest BCUT2D eigenvalue weighted by atomic mass is 16.5. The summed E-state index contributed by atoms with van der Waals surface area (Å²) in [5.74, 6) is 0.568. The number of hydrogen-bond acceptors (Lipinski definition) is 3. The number of carbonyl (C=O) groups excluding carboxylic acids is 1. The minimum atomic E-state index is -1.00. The SMILES string of the molecule is CCOc1ccc(/C=C/C(=O)NC(C)(C)C(C)(C)O)cc1. The van der Waals surface area contributed by atoms with Crippen LogP contribution in [0.4, 0.5) is 0 Å². The van der Waals surface area contributed by atoms with Crippen molar-refractivity contribution in [1.29, 1.82) is 0 Å². The van der Waals surface area contributed by atoms with E-state index in [4.69, 9.17) is 4.74 Å². The summed E-state index contributed by atoms with van der Waals surface area (Å²) in [5.41, 5.74) is -0.808. The van der Waals surface area contributed by atoms with Crippen molar-refractivity contribution in [3.05, 3.63) is 35.9 Å². The van der Waals surface area contributed by atoms with Gasteiger partial charge in [-0.25, -0.2) is 0 Å². The molecule has 0 atom stereocenters. The predicted octanol–water partition coefficient (Wildman–Crippen LogP) is 2.76. The summed E-state index contributed by atoms with van der Waals surface area (Å²) in [6.45, 7) is 9.48. The molecule has 21 heavy (non-hydrogen) atoms. The van der Waals surface area contributed by atoms with Gasteiger partial charge in [0, 0.05) is 6.08 Å². The maximum atomic E-state index is 11.9. The average molecular weight is 291 g/mol. The van der Waals surface area contributed by atoms with Crippen LogP contribution in [0.25, 0.3) is 6.08 Å². The molecule has 0 spiro atoms. The van der Waals surface area contributed by atoms with Crippen LogP contribution in [0.15, 0.2) is 30.3 Å². The first kappa shape index (κ1) is 17.2. The molecule has 2 N–H and O–H groups in total. The van der Waals surface area contributed by atoms with E-state index in [0.29, 0.717) is 6.61 Å². The minimum Gasteiger partial charge on any atom is -0.494 e. The lowest BCUT2D eigenvalue weighted by Crippen LogP contribution is -2.57. The third-order valence-corrected chi connectivity index (χ3v) is 3.58. The van der Waals surface area contributed by atoms with E-state index in [1.807, 2.05) is 31.2 Å².